The molecule has 1 aliphatic heterocycles. The van der Waals surface area contributed by atoms with Crippen LogP contribution in [0.25, 0.3) is 11.4 Å². The molecule has 1 N–H and O–H groups in total. The van der Waals surface area contributed by atoms with E-state index in [1.807, 2.05) is 89.8 Å². The van der Waals surface area contributed by atoms with Crippen molar-refractivity contribution in [3.63, 3.8) is 0 Å². The highest BCUT2D eigenvalue weighted by Crippen LogP contribution is 2.37. The second-order valence-electron chi connectivity index (χ2n) is 15.0. The van der Waals surface area contributed by atoms with E-state index in [1.165, 1.54) is 17.9 Å². The number of nitrogens with zero attached hydrogens (tertiary/aromatic N) is 4. The second kappa shape index (κ2) is 15.3. The number of rotatable bonds is 9. The number of aromatic amines is 1. The zero-order valence-electron chi connectivity index (χ0n) is 29.6. The molecule has 0 spiro atoms. The number of hydrogen-bond acceptors (Lipinski definition) is 7. The Morgan fingerprint density at radius 3 is 2.02 bits per heavy atom. The normalized spacial score (nSPS) is 18.1. The van der Waals surface area contributed by atoms with Crippen LogP contribution in [0.2, 0.25) is 10.0 Å². The van der Waals surface area contributed by atoms with Crippen molar-refractivity contribution in [2.45, 2.75) is 116 Å². The van der Waals surface area contributed by atoms with Crippen LogP contribution in [0.1, 0.15) is 85.3 Å². The van der Waals surface area contributed by atoms with Crippen molar-refractivity contribution < 1.29 is 23.6 Å². The quantitative estimate of drug-likeness (QED) is 0.175. The third-order valence-electron chi connectivity index (χ3n) is 8.95. The molecular weight excluding hydrogens is 700 g/mol. The number of ether oxygens (including phenoxy) is 1. The maximum Gasteiger partial charge on any atom is 0.494 e. The van der Waals surface area contributed by atoms with E-state index < -0.39 is 23.9 Å². The fourth-order valence-electron chi connectivity index (χ4n) is 5.47. The van der Waals surface area contributed by atoms with Gasteiger partial charge in [0.05, 0.1) is 11.2 Å². The molecule has 14 heteroatoms. The number of carbonyl (C=O) groups is 2. The van der Waals surface area contributed by atoms with Crippen molar-refractivity contribution in [1.82, 2.24) is 25.0 Å². The molecule has 2 aromatic carbocycles. The SMILES string of the molecule is CC(C)(C)OC(=O)N(Cc1cc(Cl)cc(B2OC(C)(C)C(C)(C)O2)c1)C1CC1.O=C(/C=C\Cl)N(Cc1cc(Cl)cc(-c2ncn[nH]2)c1)C1CC1. The molecule has 0 radical (unpaired) electrons. The van der Waals surface area contributed by atoms with Gasteiger partial charge in [0.1, 0.15) is 11.9 Å². The Hall–Kier alpha value is -3.09. The van der Waals surface area contributed by atoms with Gasteiger partial charge in [0.25, 0.3) is 0 Å². The smallest absolute Gasteiger partial charge is 0.444 e. The summed E-state index contributed by atoms with van der Waals surface area (Å²) in [5.74, 6) is 0.562. The number of halogens is 3. The van der Waals surface area contributed by atoms with Gasteiger partial charge in [-0.2, -0.15) is 5.10 Å². The van der Waals surface area contributed by atoms with Crippen LogP contribution in [-0.4, -0.2) is 73.0 Å². The highest BCUT2D eigenvalue weighted by molar-refractivity contribution is 6.62. The zero-order valence-corrected chi connectivity index (χ0v) is 31.9. The number of hydrogen-bond donors (Lipinski definition) is 1. The van der Waals surface area contributed by atoms with Crippen LogP contribution in [0.4, 0.5) is 4.79 Å². The van der Waals surface area contributed by atoms with Crippen LogP contribution in [0.5, 0.6) is 0 Å². The fourth-order valence-corrected chi connectivity index (χ4v) is 6.10. The molecule has 50 heavy (non-hydrogen) atoms. The van der Waals surface area contributed by atoms with E-state index in [9.17, 15) is 9.59 Å². The summed E-state index contributed by atoms with van der Waals surface area (Å²) in [6, 6.07) is 11.9. The fraction of sp³-hybridized carbons (Fsp3) is 0.500. The molecule has 0 unspecified atom stereocenters. The molecule has 0 bridgehead atoms. The lowest BCUT2D eigenvalue weighted by molar-refractivity contribution is -0.127. The maximum absolute atomic E-state index is 12.7. The van der Waals surface area contributed by atoms with Gasteiger partial charge in [0, 0.05) is 52.4 Å². The Bertz CT molecular complexity index is 1690. The number of H-pyrrole nitrogens is 1. The summed E-state index contributed by atoms with van der Waals surface area (Å²) in [4.78, 5) is 32.5. The number of carbonyl (C=O) groups excluding carboxylic acids is 2. The van der Waals surface area contributed by atoms with Crippen molar-refractivity contribution in [2.24, 2.45) is 0 Å². The van der Waals surface area contributed by atoms with Crippen LogP contribution in [0.3, 0.4) is 0 Å². The standard InChI is InChI=1S/C21H31BClNO4.C15H14Cl2N4O/c1-19(2,3)26-18(25)24(17-8-9-17)13-14-10-15(12-16(23)11-14)22-27-20(4,5)21(6,7)28-22;16-4-3-14(22)21(13-1-2-13)8-10-5-11(7-12(17)6-10)15-18-9-19-20-15/h10-12,17H,8-9,13H2,1-7H3;3-7,9,13H,1-2,8H2,(H,18,19,20)/b;4-3-. The molecule has 2 saturated carbocycles. The van der Waals surface area contributed by atoms with E-state index in [1.54, 1.807) is 4.90 Å². The van der Waals surface area contributed by atoms with Gasteiger partial charge < -0.3 is 23.8 Å². The molecule has 268 valence electrons. The Labute approximate surface area is 309 Å². The molecule has 2 aliphatic carbocycles. The van der Waals surface area contributed by atoms with E-state index in [0.29, 0.717) is 29.0 Å². The monoisotopic (exact) mass is 743 g/mol. The van der Waals surface area contributed by atoms with Crippen molar-refractivity contribution in [3.05, 3.63) is 75.5 Å². The zero-order chi connectivity index (χ0) is 36.4. The van der Waals surface area contributed by atoms with Gasteiger partial charge in [-0.25, -0.2) is 9.78 Å². The first-order chi connectivity index (χ1) is 23.4. The third kappa shape index (κ3) is 10.0. The molecule has 2 amide bonds. The van der Waals surface area contributed by atoms with E-state index >= 15 is 0 Å². The van der Waals surface area contributed by atoms with Crippen molar-refractivity contribution in [3.8, 4) is 11.4 Å². The molecule has 1 saturated heterocycles. The second-order valence-corrected chi connectivity index (χ2v) is 16.1. The summed E-state index contributed by atoms with van der Waals surface area (Å²) in [6.07, 6.45) is 6.60. The molecule has 0 atom stereocenters. The highest BCUT2D eigenvalue weighted by atomic mass is 35.5. The lowest BCUT2D eigenvalue weighted by Gasteiger charge is -2.32. The van der Waals surface area contributed by atoms with Gasteiger partial charge in [0.15, 0.2) is 5.82 Å². The van der Waals surface area contributed by atoms with Crippen molar-refractivity contribution in [2.75, 3.05) is 0 Å². The third-order valence-corrected chi connectivity index (χ3v) is 9.51. The van der Waals surface area contributed by atoms with Crippen LogP contribution in [-0.2, 0) is 31.9 Å². The predicted octanol–water partition coefficient (Wildman–Crippen LogP) is 7.91. The number of aromatic nitrogens is 3. The Morgan fingerprint density at radius 2 is 1.48 bits per heavy atom. The number of nitrogens with one attached hydrogen (secondary N) is 1. The summed E-state index contributed by atoms with van der Waals surface area (Å²) < 4.78 is 17.9. The average Bonchev–Trinajstić information content (AvgIpc) is 3.94. The Balaban J connectivity index is 0.000000200. The summed E-state index contributed by atoms with van der Waals surface area (Å²) in [6.45, 7) is 14.7. The summed E-state index contributed by atoms with van der Waals surface area (Å²) in [5, 5.41) is 7.85. The van der Waals surface area contributed by atoms with Gasteiger partial charge in [-0.3, -0.25) is 9.89 Å². The highest BCUT2D eigenvalue weighted by Gasteiger charge is 2.52. The van der Waals surface area contributed by atoms with Crippen LogP contribution >= 0.6 is 34.8 Å². The minimum atomic E-state index is -0.521. The topological polar surface area (TPSA) is 110 Å². The lowest BCUT2D eigenvalue weighted by Crippen LogP contribution is -2.41. The Morgan fingerprint density at radius 1 is 0.920 bits per heavy atom. The van der Waals surface area contributed by atoms with E-state index in [0.717, 1.165) is 47.8 Å². The van der Waals surface area contributed by atoms with Crippen LogP contribution in [0, 0.1) is 0 Å². The first-order valence-corrected chi connectivity index (χ1v) is 18.0. The minimum Gasteiger partial charge on any atom is -0.444 e. The first kappa shape index (κ1) is 38.2. The van der Waals surface area contributed by atoms with E-state index in [2.05, 4.69) is 15.2 Å². The molecule has 2 heterocycles. The predicted molar refractivity (Wildman–Crippen MR) is 197 cm³/mol. The number of benzene rings is 2. The van der Waals surface area contributed by atoms with Gasteiger partial charge in [-0.15, -0.1) is 0 Å². The van der Waals surface area contributed by atoms with E-state index in [4.69, 9.17) is 48.8 Å². The van der Waals surface area contributed by atoms with Crippen LogP contribution < -0.4 is 5.46 Å². The average molecular weight is 745 g/mol. The van der Waals surface area contributed by atoms with Crippen molar-refractivity contribution in [1.29, 1.82) is 0 Å². The molecule has 3 aromatic rings. The first-order valence-electron chi connectivity index (χ1n) is 16.8. The van der Waals surface area contributed by atoms with Gasteiger partial charge in [-0.1, -0.05) is 40.9 Å². The number of amides is 2. The van der Waals surface area contributed by atoms with Crippen LogP contribution in [0.15, 0.2) is 54.3 Å². The molecular formula is C36H45BCl3N5O5. The molecule has 3 aliphatic rings. The van der Waals surface area contributed by atoms with Gasteiger partial charge in [0.2, 0.25) is 5.91 Å². The molecule has 3 fully saturated rings. The largest absolute Gasteiger partial charge is 0.494 e. The van der Waals surface area contributed by atoms with E-state index in [-0.39, 0.29) is 24.1 Å². The lowest BCUT2D eigenvalue weighted by atomic mass is 9.78. The Kier molecular flexibility index (Phi) is 11.6. The van der Waals surface area contributed by atoms with Gasteiger partial charge >= 0.3 is 13.2 Å². The summed E-state index contributed by atoms with van der Waals surface area (Å²) in [5.41, 5.74) is 3.48. The summed E-state index contributed by atoms with van der Waals surface area (Å²) in [7, 11) is -0.488. The molecule has 1 aromatic heterocycles. The van der Waals surface area contributed by atoms with Crippen molar-refractivity contribution >= 4 is 59.4 Å². The minimum absolute atomic E-state index is 0.0845. The summed E-state index contributed by atoms with van der Waals surface area (Å²) >= 11 is 18.1. The molecule has 10 nitrogen and oxygen atoms in total. The maximum atomic E-state index is 12.7. The molecule has 6 rings (SSSR count). The van der Waals surface area contributed by atoms with Gasteiger partial charge in [-0.05, 0) is 121 Å².